The minimum absolute atomic E-state index is 0.876. The van der Waals surface area contributed by atoms with Crippen LogP contribution < -0.4 is 0 Å². The molecule has 0 aromatic carbocycles. The topological polar surface area (TPSA) is 3.24 Å². The summed E-state index contributed by atoms with van der Waals surface area (Å²) in [5, 5.41) is 0. The fraction of sp³-hybridized carbons (Fsp3) is 1.00. The van der Waals surface area contributed by atoms with Crippen LogP contribution in [0.3, 0.4) is 0 Å². The van der Waals surface area contributed by atoms with E-state index in [0.29, 0.717) is 0 Å². The molecular formula is C13H25N. The van der Waals surface area contributed by atoms with Crippen molar-refractivity contribution in [3.05, 3.63) is 0 Å². The van der Waals surface area contributed by atoms with Gasteiger partial charge in [0.25, 0.3) is 0 Å². The molecule has 0 saturated carbocycles. The first-order chi connectivity index (χ1) is 6.52. The van der Waals surface area contributed by atoms with E-state index in [4.69, 9.17) is 0 Å². The summed E-state index contributed by atoms with van der Waals surface area (Å²) in [5.41, 5.74) is 0. The Labute approximate surface area is 88.9 Å². The van der Waals surface area contributed by atoms with Crippen molar-refractivity contribution < 1.29 is 0 Å². The lowest BCUT2D eigenvalue weighted by Crippen LogP contribution is -2.29. The second-order valence-corrected chi connectivity index (χ2v) is 6.09. The Balaban J connectivity index is 2.09. The largest absolute Gasteiger partial charge is 0.300 e. The van der Waals surface area contributed by atoms with E-state index in [1.807, 2.05) is 0 Å². The van der Waals surface area contributed by atoms with Gasteiger partial charge in [0.05, 0.1) is 0 Å². The van der Waals surface area contributed by atoms with Gasteiger partial charge in [-0.05, 0) is 43.6 Å². The Bertz CT molecular complexity index is 187. The molecule has 0 radical (unpaired) electrons. The van der Waals surface area contributed by atoms with Gasteiger partial charge in [0.15, 0.2) is 0 Å². The molecule has 2 bridgehead atoms. The molecule has 2 aliphatic heterocycles. The number of fused-ring (bicyclic) bond motifs is 2. The lowest BCUT2D eigenvalue weighted by molar-refractivity contribution is 0.232. The summed E-state index contributed by atoms with van der Waals surface area (Å²) in [6.07, 6.45) is 2.92. The minimum atomic E-state index is 0.876. The summed E-state index contributed by atoms with van der Waals surface area (Å²) >= 11 is 0. The van der Waals surface area contributed by atoms with Crippen LogP contribution in [0.25, 0.3) is 0 Å². The lowest BCUT2D eigenvalue weighted by atomic mass is 9.73. The van der Waals surface area contributed by atoms with Crippen LogP contribution in [-0.2, 0) is 0 Å². The molecule has 4 atom stereocenters. The van der Waals surface area contributed by atoms with Gasteiger partial charge in [-0.15, -0.1) is 0 Å². The lowest BCUT2D eigenvalue weighted by Gasteiger charge is -2.30. The van der Waals surface area contributed by atoms with Gasteiger partial charge < -0.3 is 0 Å². The molecule has 2 aliphatic rings. The van der Waals surface area contributed by atoms with E-state index in [2.05, 4.69) is 39.6 Å². The van der Waals surface area contributed by atoms with Crippen molar-refractivity contribution in [2.24, 2.45) is 23.7 Å². The normalized spacial score (nSPS) is 43.1. The zero-order valence-corrected chi connectivity index (χ0v) is 10.3. The fourth-order valence-electron chi connectivity index (χ4n) is 3.84. The van der Waals surface area contributed by atoms with Crippen LogP contribution in [0.2, 0.25) is 0 Å². The highest BCUT2D eigenvalue weighted by molar-refractivity contribution is 5.04. The van der Waals surface area contributed by atoms with E-state index in [-0.39, 0.29) is 0 Å². The molecule has 2 heterocycles. The summed E-state index contributed by atoms with van der Waals surface area (Å²) in [6, 6.07) is 1.79. The van der Waals surface area contributed by atoms with Gasteiger partial charge in [0, 0.05) is 12.1 Å². The third kappa shape index (κ3) is 1.41. The molecule has 0 spiro atoms. The highest BCUT2D eigenvalue weighted by Gasteiger charge is 2.50. The van der Waals surface area contributed by atoms with Crippen molar-refractivity contribution in [1.82, 2.24) is 4.90 Å². The van der Waals surface area contributed by atoms with E-state index >= 15 is 0 Å². The van der Waals surface area contributed by atoms with Gasteiger partial charge in [-0.2, -0.15) is 0 Å². The average Bonchev–Trinajstić information content (AvgIpc) is 2.58. The molecule has 1 heteroatoms. The van der Waals surface area contributed by atoms with Crippen molar-refractivity contribution >= 4 is 0 Å². The molecule has 1 nitrogen and oxygen atoms in total. The number of hydrogen-bond acceptors (Lipinski definition) is 1. The highest BCUT2D eigenvalue weighted by atomic mass is 15.2. The van der Waals surface area contributed by atoms with Crippen LogP contribution in [0.15, 0.2) is 0 Å². The van der Waals surface area contributed by atoms with Gasteiger partial charge in [-0.25, -0.2) is 0 Å². The summed E-state index contributed by atoms with van der Waals surface area (Å²) in [4.78, 5) is 2.68. The Morgan fingerprint density at radius 3 is 1.43 bits per heavy atom. The Morgan fingerprint density at radius 2 is 1.21 bits per heavy atom. The molecule has 2 unspecified atom stereocenters. The number of nitrogens with zero attached hydrogens (tertiary/aromatic N) is 1. The fourth-order valence-corrected chi connectivity index (χ4v) is 3.84. The molecule has 0 aliphatic carbocycles. The second kappa shape index (κ2) is 3.52. The zero-order valence-electron chi connectivity index (χ0n) is 10.3. The molecular weight excluding hydrogens is 170 g/mol. The van der Waals surface area contributed by atoms with Gasteiger partial charge in [-0.3, -0.25) is 4.90 Å². The molecule has 0 aromatic rings. The third-order valence-corrected chi connectivity index (χ3v) is 4.77. The molecule has 0 N–H and O–H groups in total. The predicted octanol–water partition coefficient (Wildman–Crippen LogP) is 3.01. The smallest absolute Gasteiger partial charge is 0.0130 e. The summed E-state index contributed by atoms with van der Waals surface area (Å²) in [7, 11) is 2.35. The van der Waals surface area contributed by atoms with Gasteiger partial charge in [0.1, 0.15) is 0 Å². The standard InChI is InChI=1S/C13H25N/c1-8(2)10-6-13-11(9(3)4)7-12(10)14(13)5/h8-13H,6-7H2,1-5H3/t10?,11?,12-,13-/m0/s1. The number of rotatable bonds is 2. The Hall–Kier alpha value is -0.0400. The van der Waals surface area contributed by atoms with Crippen molar-refractivity contribution in [1.29, 1.82) is 0 Å². The van der Waals surface area contributed by atoms with Crippen molar-refractivity contribution in [3.8, 4) is 0 Å². The van der Waals surface area contributed by atoms with E-state index in [1.54, 1.807) is 0 Å². The van der Waals surface area contributed by atoms with E-state index in [9.17, 15) is 0 Å². The SMILES string of the molecule is CC(C)C1C[C@H]2C(C(C)C)C[C@@H]1N2C. The van der Waals surface area contributed by atoms with Crippen LogP contribution in [-0.4, -0.2) is 24.0 Å². The second-order valence-electron chi connectivity index (χ2n) is 6.09. The first kappa shape index (κ1) is 10.5. The molecule has 2 rings (SSSR count). The Morgan fingerprint density at radius 1 is 0.857 bits per heavy atom. The molecule has 2 saturated heterocycles. The van der Waals surface area contributed by atoms with Gasteiger partial charge in [0.2, 0.25) is 0 Å². The van der Waals surface area contributed by atoms with Crippen LogP contribution in [0.1, 0.15) is 40.5 Å². The maximum Gasteiger partial charge on any atom is 0.0130 e. The van der Waals surface area contributed by atoms with Crippen LogP contribution >= 0.6 is 0 Å². The maximum atomic E-state index is 2.68. The minimum Gasteiger partial charge on any atom is -0.300 e. The number of hydrogen-bond donors (Lipinski definition) is 0. The van der Waals surface area contributed by atoms with Crippen LogP contribution in [0.4, 0.5) is 0 Å². The molecule has 0 aromatic heterocycles. The summed E-state index contributed by atoms with van der Waals surface area (Å²) in [5.74, 6) is 3.70. The molecule has 2 fully saturated rings. The summed E-state index contributed by atoms with van der Waals surface area (Å²) < 4.78 is 0. The zero-order chi connectivity index (χ0) is 10.5. The van der Waals surface area contributed by atoms with Gasteiger partial charge in [-0.1, -0.05) is 27.7 Å². The van der Waals surface area contributed by atoms with Crippen LogP contribution in [0, 0.1) is 23.7 Å². The molecule has 82 valence electrons. The summed E-state index contributed by atoms with van der Waals surface area (Å²) in [6.45, 7) is 9.57. The van der Waals surface area contributed by atoms with Crippen molar-refractivity contribution in [2.45, 2.75) is 52.6 Å². The van der Waals surface area contributed by atoms with Gasteiger partial charge >= 0.3 is 0 Å². The van der Waals surface area contributed by atoms with Crippen LogP contribution in [0.5, 0.6) is 0 Å². The monoisotopic (exact) mass is 195 g/mol. The maximum absolute atomic E-state index is 2.68. The first-order valence-corrected chi connectivity index (χ1v) is 6.24. The first-order valence-electron chi connectivity index (χ1n) is 6.24. The average molecular weight is 195 g/mol. The molecule has 14 heavy (non-hydrogen) atoms. The predicted molar refractivity (Wildman–Crippen MR) is 61.2 cm³/mol. The van der Waals surface area contributed by atoms with Crippen molar-refractivity contribution in [2.75, 3.05) is 7.05 Å². The van der Waals surface area contributed by atoms with E-state index in [0.717, 1.165) is 35.8 Å². The van der Waals surface area contributed by atoms with Crippen molar-refractivity contribution in [3.63, 3.8) is 0 Å². The third-order valence-electron chi connectivity index (χ3n) is 4.77. The van der Waals surface area contributed by atoms with E-state index in [1.165, 1.54) is 12.8 Å². The molecule has 0 amide bonds. The highest BCUT2D eigenvalue weighted by Crippen LogP contribution is 2.48. The Kier molecular flexibility index (Phi) is 2.63. The van der Waals surface area contributed by atoms with E-state index < -0.39 is 0 Å². The quantitative estimate of drug-likeness (QED) is 0.654.